The van der Waals surface area contributed by atoms with E-state index in [1.807, 2.05) is 84.9 Å². The average Bonchev–Trinajstić information content (AvgIpc) is 2.77. The van der Waals surface area contributed by atoms with Gasteiger partial charge >= 0.3 is 0 Å². The van der Waals surface area contributed by atoms with Crippen molar-refractivity contribution in [2.24, 2.45) is 0 Å². The first-order valence-electron chi connectivity index (χ1n) is 9.89. The zero-order valence-electron chi connectivity index (χ0n) is 16.8. The second-order valence-corrected chi connectivity index (χ2v) is 8.84. The Morgan fingerprint density at radius 3 is 1.35 bits per heavy atom. The Morgan fingerprint density at radius 2 is 0.871 bits per heavy atom. The number of hydrogen-bond acceptors (Lipinski definition) is 4. The van der Waals surface area contributed by atoms with Gasteiger partial charge in [-0.1, -0.05) is 48.5 Å². The van der Waals surface area contributed by atoms with Gasteiger partial charge in [0.25, 0.3) is 0 Å². The molecule has 4 aromatic rings. The van der Waals surface area contributed by atoms with E-state index in [1.54, 1.807) is 24.3 Å². The molecule has 0 amide bonds. The van der Waals surface area contributed by atoms with Crippen LogP contribution < -0.4 is 15.4 Å². The summed E-state index contributed by atoms with van der Waals surface area (Å²) in [5, 5.41) is 6.67. The molecule has 0 unspecified atom stereocenters. The van der Waals surface area contributed by atoms with Gasteiger partial charge in [-0.2, -0.15) is 0 Å². The van der Waals surface area contributed by atoms with Crippen LogP contribution in [0, 0.1) is 0 Å². The molecule has 0 aromatic heterocycles. The Hall–Kier alpha value is -3.77. The van der Waals surface area contributed by atoms with Gasteiger partial charge in [0, 0.05) is 28.4 Å². The molecule has 0 heterocycles. The molecule has 0 saturated heterocycles. The molecule has 0 fully saturated rings. The Bertz CT molecular complexity index is 1210. The third-order valence-corrected chi connectivity index (χ3v) is 5.85. The van der Waals surface area contributed by atoms with Gasteiger partial charge in [-0.25, -0.2) is 8.42 Å². The van der Waals surface area contributed by atoms with Crippen LogP contribution in [0.15, 0.2) is 109 Å². The second-order valence-electron chi connectivity index (χ2n) is 7.12. The first kappa shape index (κ1) is 20.5. The maximum Gasteiger partial charge on any atom is 0.236 e. The molecule has 0 radical (unpaired) electrons. The van der Waals surface area contributed by atoms with Crippen LogP contribution in [0.5, 0.6) is 0 Å². The minimum absolute atomic E-state index is 0.0583. The summed E-state index contributed by atoms with van der Waals surface area (Å²) in [6.45, 7) is 0. The number of sulfonamides is 1. The van der Waals surface area contributed by atoms with Crippen molar-refractivity contribution in [2.45, 2.75) is 5.75 Å². The van der Waals surface area contributed by atoms with E-state index in [0.29, 0.717) is 5.69 Å². The van der Waals surface area contributed by atoms with Crippen molar-refractivity contribution in [3.63, 3.8) is 0 Å². The predicted octanol–water partition coefficient (Wildman–Crippen LogP) is 6.12. The molecule has 31 heavy (non-hydrogen) atoms. The van der Waals surface area contributed by atoms with Crippen molar-refractivity contribution in [1.82, 2.24) is 0 Å². The molecular weight excluding hydrogens is 406 g/mol. The number of benzene rings is 4. The summed E-state index contributed by atoms with van der Waals surface area (Å²) in [5.74, 6) is -0.0583. The molecule has 156 valence electrons. The van der Waals surface area contributed by atoms with Crippen molar-refractivity contribution in [1.29, 1.82) is 0 Å². The summed E-state index contributed by atoms with van der Waals surface area (Å²) in [6.07, 6.45) is 0. The van der Waals surface area contributed by atoms with Crippen molar-refractivity contribution in [2.75, 3.05) is 15.4 Å². The van der Waals surface area contributed by atoms with E-state index in [4.69, 9.17) is 0 Å². The van der Waals surface area contributed by atoms with Crippen molar-refractivity contribution in [3.8, 4) is 0 Å². The molecule has 0 atom stereocenters. The zero-order chi connectivity index (χ0) is 21.5. The molecule has 0 aliphatic rings. The number of anilines is 5. The molecule has 0 aliphatic carbocycles. The van der Waals surface area contributed by atoms with Gasteiger partial charge in [0.1, 0.15) is 0 Å². The zero-order valence-corrected chi connectivity index (χ0v) is 17.6. The number of para-hydroxylation sites is 1. The molecule has 0 spiro atoms. The van der Waals surface area contributed by atoms with E-state index < -0.39 is 10.0 Å². The summed E-state index contributed by atoms with van der Waals surface area (Å²) in [6, 6.07) is 34.3. The molecule has 6 heteroatoms. The lowest BCUT2D eigenvalue weighted by Crippen LogP contribution is -2.14. The van der Waals surface area contributed by atoms with Crippen LogP contribution >= 0.6 is 0 Å². The van der Waals surface area contributed by atoms with Gasteiger partial charge in [0.2, 0.25) is 10.0 Å². The fourth-order valence-corrected chi connectivity index (χ4v) is 4.32. The topological polar surface area (TPSA) is 70.2 Å². The minimum Gasteiger partial charge on any atom is -0.356 e. The van der Waals surface area contributed by atoms with Gasteiger partial charge in [-0.05, 0) is 66.2 Å². The average molecular weight is 430 g/mol. The summed E-state index contributed by atoms with van der Waals surface area (Å²) in [4.78, 5) is 0. The molecule has 5 nitrogen and oxygen atoms in total. The van der Waals surface area contributed by atoms with Crippen LogP contribution in [-0.4, -0.2) is 8.42 Å². The minimum atomic E-state index is -3.47. The number of nitrogens with one attached hydrogen (secondary N) is 3. The molecule has 0 aliphatic heterocycles. The third kappa shape index (κ3) is 6.10. The number of rotatable bonds is 8. The highest BCUT2D eigenvalue weighted by Gasteiger charge is 2.11. The van der Waals surface area contributed by atoms with E-state index in [2.05, 4.69) is 15.4 Å². The summed E-state index contributed by atoms with van der Waals surface area (Å²) < 4.78 is 27.4. The van der Waals surface area contributed by atoms with Crippen LogP contribution in [-0.2, 0) is 15.8 Å². The number of hydrogen-bond donors (Lipinski definition) is 3. The normalized spacial score (nSPS) is 11.0. The smallest absolute Gasteiger partial charge is 0.236 e. The fourth-order valence-electron chi connectivity index (χ4n) is 3.12. The van der Waals surface area contributed by atoms with Crippen LogP contribution in [0.2, 0.25) is 0 Å². The largest absolute Gasteiger partial charge is 0.356 e. The fraction of sp³-hybridized carbons (Fsp3) is 0.0400. The summed E-state index contributed by atoms with van der Waals surface area (Å²) in [7, 11) is -3.47. The van der Waals surface area contributed by atoms with E-state index in [9.17, 15) is 8.42 Å². The highest BCUT2D eigenvalue weighted by Crippen LogP contribution is 2.23. The van der Waals surface area contributed by atoms with E-state index in [-0.39, 0.29) is 5.75 Å². The summed E-state index contributed by atoms with van der Waals surface area (Å²) in [5.41, 5.74) is 5.13. The highest BCUT2D eigenvalue weighted by molar-refractivity contribution is 7.91. The van der Waals surface area contributed by atoms with Crippen molar-refractivity contribution in [3.05, 3.63) is 115 Å². The first-order chi connectivity index (χ1) is 15.1. The van der Waals surface area contributed by atoms with Crippen LogP contribution in [0.3, 0.4) is 0 Å². The summed E-state index contributed by atoms with van der Waals surface area (Å²) >= 11 is 0. The third-order valence-electron chi connectivity index (χ3n) is 4.59. The van der Waals surface area contributed by atoms with Crippen LogP contribution in [0.1, 0.15) is 5.56 Å². The molecular formula is C25H23N3O2S. The Balaban J connectivity index is 1.35. The SMILES string of the molecule is O=S(=O)(Cc1ccccc1)Nc1ccc(Nc2ccc(Nc3ccccc3)cc2)cc1. The van der Waals surface area contributed by atoms with Gasteiger partial charge in [0.05, 0.1) is 5.75 Å². The van der Waals surface area contributed by atoms with Gasteiger partial charge in [0.15, 0.2) is 0 Å². The quantitative estimate of drug-likeness (QED) is 0.316. The van der Waals surface area contributed by atoms with Crippen LogP contribution in [0.4, 0.5) is 28.4 Å². The van der Waals surface area contributed by atoms with Gasteiger partial charge in [-0.15, -0.1) is 0 Å². The molecule has 0 bridgehead atoms. The molecule has 4 aromatic carbocycles. The van der Waals surface area contributed by atoms with Gasteiger partial charge in [-0.3, -0.25) is 4.72 Å². The van der Waals surface area contributed by atoms with Gasteiger partial charge < -0.3 is 10.6 Å². The molecule has 4 rings (SSSR count). The van der Waals surface area contributed by atoms with E-state index in [0.717, 1.165) is 28.3 Å². The monoisotopic (exact) mass is 429 g/mol. The highest BCUT2D eigenvalue weighted by atomic mass is 32.2. The Labute approximate surface area is 182 Å². The van der Waals surface area contributed by atoms with E-state index in [1.165, 1.54) is 0 Å². The lowest BCUT2D eigenvalue weighted by molar-refractivity contribution is 0.600. The second kappa shape index (κ2) is 9.36. The maximum absolute atomic E-state index is 12.4. The first-order valence-corrected chi connectivity index (χ1v) is 11.5. The lowest BCUT2D eigenvalue weighted by Gasteiger charge is -2.11. The molecule has 0 saturated carbocycles. The Kier molecular flexibility index (Phi) is 6.19. The van der Waals surface area contributed by atoms with E-state index >= 15 is 0 Å². The maximum atomic E-state index is 12.4. The standard InChI is InChI=1S/C25H23N3O2S/c29-31(30,19-20-7-3-1-4-8-20)28-25-17-15-24(16-18-25)27-23-13-11-22(12-14-23)26-21-9-5-2-6-10-21/h1-18,26-28H,19H2. The lowest BCUT2D eigenvalue weighted by atomic mass is 10.2. The van der Waals surface area contributed by atoms with Crippen molar-refractivity contribution < 1.29 is 8.42 Å². The van der Waals surface area contributed by atoms with Crippen LogP contribution in [0.25, 0.3) is 0 Å². The Morgan fingerprint density at radius 1 is 0.484 bits per heavy atom. The predicted molar refractivity (Wildman–Crippen MR) is 129 cm³/mol. The van der Waals surface area contributed by atoms with Crippen molar-refractivity contribution >= 4 is 38.5 Å². The molecule has 3 N–H and O–H groups in total.